The summed E-state index contributed by atoms with van der Waals surface area (Å²) in [5, 5.41) is 2.73. The first-order chi connectivity index (χ1) is 3.70. The minimum absolute atomic E-state index is 0.799. The van der Waals surface area contributed by atoms with E-state index in [2.05, 4.69) is 5.43 Å². The third-order valence-electron chi connectivity index (χ3n) is 1.06. The van der Waals surface area contributed by atoms with Gasteiger partial charge in [-0.05, 0) is 12.2 Å². The number of rotatable bonds is 0. The largest absolute Gasteiger partial charge is 0.337 e. The summed E-state index contributed by atoms with van der Waals surface area (Å²) in [5.41, 5.74) is 2.96. The Morgan fingerprint density at radius 1 is 1.62 bits per heavy atom. The summed E-state index contributed by atoms with van der Waals surface area (Å²) in [5.74, 6) is 0. The molecule has 3 nitrogen and oxygen atoms in total. The fraction of sp³-hybridized carbons (Fsp3) is 0.750. The Hall–Kier alpha value is -0.350. The van der Waals surface area contributed by atoms with Gasteiger partial charge in [0, 0.05) is 14.1 Å². The zero-order chi connectivity index (χ0) is 6.15. The SMILES string of the molecule is CN1CN(C)C(=S)N1. The maximum absolute atomic E-state index is 4.89. The first kappa shape index (κ1) is 5.78. The molecular formula is C4H9N3S. The van der Waals surface area contributed by atoms with Crippen LogP contribution in [-0.2, 0) is 0 Å². The van der Waals surface area contributed by atoms with Gasteiger partial charge < -0.3 is 4.90 Å². The van der Waals surface area contributed by atoms with Crippen molar-refractivity contribution in [1.29, 1.82) is 0 Å². The lowest BCUT2D eigenvalue weighted by Gasteiger charge is -2.05. The Balaban J connectivity index is 2.51. The number of hydrazine groups is 1. The summed E-state index contributed by atoms with van der Waals surface area (Å²) in [6.07, 6.45) is 0. The Bertz CT molecular complexity index is 114. The van der Waals surface area contributed by atoms with E-state index in [-0.39, 0.29) is 0 Å². The summed E-state index contributed by atoms with van der Waals surface area (Å²) in [6, 6.07) is 0. The molecule has 1 N–H and O–H groups in total. The molecule has 8 heavy (non-hydrogen) atoms. The molecule has 1 saturated heterocycles. The highest BCUT2D eigenvalue weighted by Crippen LogP contribution is 1.94. The summed E-state index contributed by atoms with van der Waals surface area (Å²) in [4.78, 5) is 1.97. The van der Waals surface area contributed by atoms with Gasteiger partial charge in [0.25, 0.3) is 0 Å². The number of hydrogen-bond acceptors (Lipinski definition) is 2. The molecule has 0 aromatic heterocycles. The maximum atomic E-state index is 4.89. The summed E-state index contributed by atoms with van der Waals surface area (Å²) in [7, 11) is 3.91. The Morgan fingerprint density at radius 3 is 2.38 bits per heavy atom. The average Bonchev–Trinajstić information content (AvgIpc) is 1.85. The van der Waals surface area contributed by atoms with E-state index in [0.29, 0.717) is 0 Å². The van der Waals surface area contributed by atoms with Gasteiger partial charge in [-0.15, -0.1) is 0 Å². The van der Waals surface area contributed by atoms with Crippen LogP contribution in [0.15, 0.2) is 0 Å². The molecule has 0 radical (unpaired) electrons. The van der Waals surface area contributed by atoms with E-state index >= 15 is 0 Å². The van der Waals surface area contributed by atoms with Crippen LogP contribution >= 0.6 is 12.2 Å². The van der Waals surface area contributed by atoms with Crippen LogP contribution in [-0.4, -0.2) is 35.8 Å². The molecule has 46 valence electrons. The van der Waals surface area contributed by atoms with Crippen LogP contribution < -0.4 is 5.43 Å². The van der Waals surface area contributed by atoms with Crippen LogP contribution in [0, 0.1) is 0 Å². The lowest BCUT2D eigenvalue weighted by atomic mass is 10.8. The zero-order valence-electron chi connectivity index (χ0n) is 5.01. The molecule has 0 aliphatic carbocycles. The van der Waals surface area contributed by atoms with Gasteiger partial charge in [-0.2, -0.15) is 0 Å². The van der Waals surface area contributed by atoms with Gasteiger partial charge in [0.05, 0.1) is 6.67 Å². The highest BCUT2D eigenvalue weighted by atomic mass is 32.1. The van der Waals surface area contributed by atoms with Crippen LogP contribution in [0.3, 0.4) is 0 Å². The number of nitrogens with zero attached hydrogens (tertiary/aromatic N) is 2. The van der Waals surface area contributed by atoms with Gasteiger partial charge in [-0.1, -0.05) is 0 Å². The van der Waals surface area contributed by atoms with Crippen LogP contribution in [0.25, 0.3) is 0 Å². The first-order valence-electron chi connectivity index (χ1n) is 2.43. The second kappa shape index (κ2) is 1.87. The summed E-state index contributed by atoms with van der Waals surface area (Å²) < 4.78 is 0. The first-order valence-corrected chi connectivity index (χ1v) is 2.84. The fourth-order valence-electron chi connectivity index (χ4n) is 0.666. The van der Waals surface area contributed by atoms with Crippen LogP contribution in [0.2, 0.25) is 0 Å². The lowest BCUT2D eigenvalue weighted by Crippen LogP contribution is -2.28. The number of thiocarbonyl (C=S) groups is 1. The molecule has 1 heterocycles. The molecule has 0 bridgehead atoms. The Morgan fingerprint density at radius 2 is 2.25 bits per heavy atom. The molecular weight excluding hydrogens is 122 g/mol. The van der Waals surface area contributed by atoms with Gasteiger partial charge >= 0.3 is 0 Å². The van der Waals surface area contributed by atoms with E-state index in [4.69, 9.17) is 12.2 Å². The molecule has 0 aromatic rings. The van der Waals surface area contributed by atoms with Crippen molar-refractivity contribution in [2.75, 3.05) is 20.8 Å². The molecule has 0 atom stereocenters. The third-order valence-corrected chi connectivity index (χ3v) is 1.46. The second-order valence-corrected chi connectivity index (χ2v) is 2.34. The van der Waals surface area contributed by atoms with Crippen molar-refractivity contribution in [3.63, 3.8) is 0 Å². The van der Waals surface area contributed by atoms with E-state index in [1.807, 2.05) is 24.0 Å². The average molecular weight is 131 g/mol. The van der Waals surface area contributed by atoms with Crippen molar-refractivity contribution >= 4 is 17.3 Å². The standard InChI is InChI=1S/C4H9N3S/c1-6-3-7(2)5-4(6)8/h3H2,1-2H3,(H,5,8). The molecule has 0 saturated carbocycles. The van der Waals surface area contributed by atoms with Crippen molar-refractivity contribution in [2.24, 2.45) is 0 Å². The lowest BCUT2D eigenvalue weighted by molar-refractivity contribution is 0.283. The molecule has 0 aromatic carbocycles. The smallest absolute Gasteiger partial charge is 0.184 e. The van der Waals surface area contributed by atoms with Gasteiger partial charge in [0.1, 0.15) is 0 Å². The summed E-state index contributed by atoms with van der Waals surface area (Å²) >= 11 is 4.89. The summed E-state index contributed by atoms with van der Waals surface area (Å²) in [6.45, 7) is 0.874. The van der Waals surface area contributed by atoms with Gasteiger partial charge in [0.15, 0.2) is 5.11 Å². The highest BCUT2D eigenvalue weighted by Gasteiger charge is 2.14. The number of hydrogen-bond donors (Lipinski definition) is 1. The quantitative estimate of drug-likeness (QED) is 0.451. The molecule has 1 aliphatic rings. The van der Waals surface area contributed by atoms with Crippen LogP contribution in [0.5, 0.6) is 0 Å². The second-order valence-electron chi connectivity index (χ2n) is 1.95. The minimum atomic E-state index is 0.799. The van der Waals surface area contributed by atoms with E-state index in [9.17, 15) is 0 Å². The molecule has 1 fully saturated rings. The van der Waals surface area contributed by atoms with Crippen molar-refractivity contribution in [3.05, 3.63) is 0 Å². The van der Waals surface area contributed by atoms with E-state index in [0.717, 1.165) is 11.8 Å². The monoisotopic (exact) mass is 131 g/mol. The van der Waals surface area contributed by atoms with Crippen LogP contribution in [0.1, 0.15) is 0 Å². The Labute approximate surface area is 54.2 Å². The van der Waals surface area contributed by atoms with E-state index in [1.165, 1.54) is 0 Å². The molecule has 4 heteroatoms. The maximum Gasteiger partial charge on any atom is 0.184 e. The number of nitrogens with one attached hydrogen (secondary N) is 1. The highest BCUT2D eigenvalue weighted by molar-refractivity contribution is 7.80. The van der Waals surface area contributed by atoms with Gasteiger partial charge in [-0.25, -0.2) is 5.01 Å². The van der Waals surface area contributed by atoms with Crippen molar-refractivity contribution in [1.82, 2.24) is 15.3 Å². The third kappa shape index (κ3) is 0.900. The fourth-order valence-corrected chi connectivity index (χ4v) is 0.880. The minimum Gasteiger partial charge on any atom is -0.337 e. The predicted molar refractivity (Wildman–Crippen MR) is 36.1 cm³/mol. The van der Waals surface area contributed by atoms with E-state index < -0.39 is 0 Å². The van der Waals surface area contributed by atoms with Crippen molar-refractivity contribution in [3.8, 4) is 0 Å². The topological polar surface area (TPSA) is 18.5 Å². The van der Waals surface area contributed by atoms with Crippen molar-refractivity contribution in [2.45, 2.75) is 0 Å². The van der Waals surface area contributed by atoms with Gasteiger partial charge in [0.2, 0.25) is 0 Å². The molecule has 0 unspecified atom stereocenters. The van der Waals surface area contributed by atoms with E-state index in [1.54, 1.807) is 0 Å². The Kier molecular flexibility index (Phi) is 1.35. The van der Waals surface area contributed by atoms with Crippen LogP contribution in [0.4, 0.5) is 0 Å². The molecule has 1 aliphatic heterocycles. The normalized spacial score (nSPS) is 21.8. The molecule has 0 amide bonds. The molecule has 1 rings (SSSR count). The van der Waals surface area contributed by atoms with Gasteiger partial charge in [-0.3, -0.25) is 5.43 Å². The molecule has 0 spiro atoms. The predicted octanol–water partition coefficient (Wildman–Crippen LogP) is -0.389. The van der Waals surface area contributed by atoms with Crippen molar-refractivity contribution < 1.29 is 0 Å². The zero-order valence-corrected chi connectivity index (χ0v) is 5.83.